The highest BCUT2D eigenvalue weighted by Gasteiger charge is 2.16. The second-order valence-corrected chi connectivity index (χ2v) is 6.68. The summed E-state index contributed by atoms with van der Waals surface area (Å²) in [6.45, 7) is 3.58. The molecule has 0 bridgehead atoms. The molecule has 0 atom stereocenters. The van der Waals surface area contributed by atoms with Crippen molar-refractivity contribution in [2.45, 2.75) is 18.4 Å². The third kappa shape index (κ3) is 3.79. The van der Waals surface area contributed by atoms with Gasteiger partial charge in [0.1, 0.15) is 0 Å². The smallest absolute Gasteiger partial charge is 0.262 e. The number of benzene rings is 1. The number of nitrogens with one attached hydrogen (secondary N) is 2. The molecule has 1 aromatic heterocycles. The normalized spacial score (nSPS) is 11.4. The quantitative estimate of drug-likeness (QED) is 0.861. The maximum Gasteiger partial charge on any atom is 0.262 e. The lowest BCUT2D eigenvalue weighted by molar-refractivity contribution is 0.601. The van der Waals surface area contributed by atoms with Gasteiger partial charge in [-0.15, -0.1) is 11.3 Å². The largest absolute Gasteiger partial charge is 0.312 e. The van der Waals surface area contributed by atoms with E-state index in [1.165, 1.54) is 11.3 Å². The van der Waals surface area contributed by atoms with Crippen molar-refractivity contribution >= 4 is 27.0 Å². The zero-order chi connectivity index (χ0) is 13.7. The Labute approximate surface area is 117 Å². The fourth-order valence-electron chi connectivity index (χ4n) is 1.56. The van der Waals surface area contributed by atoms with Crippen LogP contribution in [0, 0.1) is 0 Å². The first-order valence-electron chi connectivity index (χ1n) is 5.98. The topological polar surface area (TPSA) is 58.2 Å². The Balaban J connectivity index is 2.13. The van der Waals surface area contributed by atoms with Crippen molar-refractivity contribution in [2.75, 3.05) is 11.3 Å². The molecule has 0 saturated heterocycles. The fourth-order valence-corrected chi connectivity index (χ4v) is 3.87. The van der Waals surface area contributed by atoms with Gasteiger partial charge in [-0.3, -0.25) is 4.72 Å². The van der Waals surface area contributed by atoms with Gasteiger partial charge < -0.3 is 5.32 Å². The molecule has 4 nitrogen and oxygen atoms in total. The fraction of sp³-hybridized carbons (Fsp3) is 0.231. The van der Waals surface area contributed by atoms with Crippen molar-refractivity contribution in [3.05, 3.63) is 46.7 Å². The first-order valence-corrected chi connectivity index (χ1v) is 8.34. The first kappa shape index (κ1) is 14.0. The molecule has 1 heterocycles. The van der Waals surface area contributed by atoms with Crippen molar-refractivity contribution in [1.29, 1.82) is 0 Å². The highest BCUT2D eigenvalue weighted by atomic mass is 32.2. The van der Waals surface area contributed by atoms with Crippen LogP contribution < -0.4 is 10.0 Å². The summed E-state index contributed by atoms with van der Waals surface area (Å²) < 4.78 is 26.9. The summed E-state index contributed by atoms with van der Waals surface area (Å²) in [6, 6.07) is 10.6. The Bertz CT molecular complexity index is 621. The minimum absolute atomic E-state index is 0.314. The Hall–Kier alpha value is -1.37. The minimum atomic E-state index is -3.48. The number of hydrogen-bond donors (Lipinski definition) is 2. The van der Waals surface area contributed by atoms with Crippen molar-refractivity contribution in [3.8, 4) is 0 Å². The average Bonchev–Trinajstić information content (AvgIpc) is 2.86. The van der Waals surface area contributed by atoms with E-state index in [2.05, 4.69) is 10.0 Å². The molecule has 0 aliphatic rings. The molecule has 2 rings (SSSR count). The summed E-state index contributed by atoms with van der Waals surface area (Å²) in [5, 5.41) is 4.84. The van der Waals surface area contributed by atoms with E-state index in [1.807, 2.05) is 13.0 Å². The Morgan fingerprint density at radius 3 is 2.63 bits per heavy atom. The third-order valence-electron chi connectivity index (χ3n) is 2.52. The molecule has 2 aromatic rings. The number of para-hydroxylation sites is 1. The van der Waals surface area contributed by atoms with Gasteiger partial charge in [-0.05, 0) is 24.7 Å². The number of anilines is 1. The lowest BCUT2D eigenvalue weighted by atomic mass is 10.3. The van der Waals surface area contributed by atoms with Crippen LogP contribution in [0.1, 0.15) is 11.8 Å². The summed E-state index contributed by atoms with van der Waals surface area (Å²) in [5.74, 6) is 0. The van der Waals surface area contributed by atoms with Crippen LogP contribution in [0.15, 0.2) is 46.7 Å². The molecule has 0 saturated carbocycles. The zero-order valence-corrected chi connectivity index (χ0v) is 12.2. The highest BCUT2D eigenvalue weighted by Crippen LogP contribution is 2.21. The number of thiophene rings is 1. The molecular formula is C13H16N2O2S2. The van der Waals surface area contributed by atoms with Gasteiger partial charge in [0, 0.05) is 22.5 Å². The molecule has 0 aliphatic heterocycles. The van der Waals surface area contributed by atoms with Crippen LogP contribution in [0.2, 0.25) is 0 Å². The van der Waals surface area contributed by atoms with Gasteiger partial charge in [0.2, 0.25) is 0 Å². The lowest BCUT2D eigenvalue weighted by Crippen LogP contribution is -2.12. The van der Waals surface area contributed by atoms with Gasteiger partial charge in [-0.25, -0.2) is 8.42 Å². The second-order valence-electron chi connectivity index (χ2n) is 4.00. The molecule has 102 valence electrons. The van der Waals surface area contributed by atoms with Crippen LogP contribution in [-0.2, 0) is 16.6 Å². The lowest BCUT2D eigenvalue weighted by Gasteiger charge is -2.05. The molecule has 1 aromatic carbocycles. The van der Waals surface area contributed by atoms with Gasteiger partial charge in [0.15, 0.2) is 0 Å². The number of sulfonamides is 1. The molecule has 19 heavy (non-hydrogen) atoms. The van der Waals surface area contributed by atoms with Crippen LogP contribution in [0.4, 0.5) is 5.69 Å². The SMILES string of the molecule is CCNCc1cc(S(=O)(=O)Nc2ccccc2)cs1. The maximum absolute atomic E-state index is 12.2. The summed E-state index contributed by atoms with van der Waals surface area (Å²) in [7, 11) is -3.48. The summed E-state index contributed by atoms with van der Waals surface area (Å²) in [5.41, 5.74) is 0.571. The monoisotopic (exact) mass is 296 g/mol. The molecule has 0 fully saturated rings. The molecular weight excluding hydrogens is 280 g/mol. The van der Waals surface area contributed by atoms with Crippen LogP contribution >= 0.6 is 11.3 Å². The number of rotatable bonds is 6. The van der Waals surface area contributed by atoms with Gasteiger partial charge in [0.25, 0.3) is 10.0 Å². The summed E-state index contributed by atoms with van der Waals surface area (Å²) >= 11 is 1.45. The van der Waals surface area contributed by atoms with E-state index in [-0.39, 0.29) is 0 Å². The van der Waals surface area contributed by atoms with Crippen molar-refractivity contribution in [2.24, 2.45) is 0 Å². The van der Waals surface area contributed by atoms with Crippen molar-refractivity contribution in [3.63, 3.8) is 0 Å². The van der Waals surface area contributed by atoms with Crippen LogP contribution in [0.25, 0.3) is 0 Å². The molecule has 0 amide bonds. The van der Waals surface area contributed by atoms with E-state index in [4.69, 9.17) is 0 Å². The summed E-state index contributed by atoms with van der Waals surface area (Å²) in [6.07, 6.45) is 0. The molecule has 0 unspecified atom stereocenters. The number of hydrogen-bond acceptors (Lipinski definition) is 4. The molecule has 0 spiro atoms. The minimum Gasteiger partial charge on any atom is -0.312 e. The van der Waals surface area contributed by atoms with Gasteiger partial charge in [-0.1, -0.05) is 25.1 Å². The average molecular weight is 296 g/mol. The molecule has 6 heteroatoms. The highest BCUT2D eigenvalue weighted by molar-refractivity contribution is 7.92. The van der Waals surface area contributed by atoms with Crippen LogP contribution in [-0.4, -0.2) is 15.0 Å². The van der Waals surface area contributed by atoms with Gasteiger partial charge in [-0.2, -0.15) is 0 Å². The standard InChI is InChI=1S/C13H16N2O2S2/c1-2-14-9-12-8-13(10-18-12)19(16,17)15-11-6-4-3-5-7-11/h3-8,10,14-15H,2,9H2,1H3. The third-order valence-corrected chi connectivity index (χ3v) is 4.96. The van der Waals surface area contributed by atoms with E-state index in [9.17, 15) is 8.42 Å². The molecule has 2 N–H and O–H groups in total. The zero-order valence-electron chi connectivity index (χ0n) is 10.6. The predicted molar refractivity (Wildman–Crippen MR) is 79.0 cm³/mol. The van der Waals surface area contributed by atoms with E-state index < -0.39 is 10.0 Å². The van der Waals surface area contributed by atoms with E-state index in [0.717, 1.165) is 11.4 Å². The molecule has 0 radical (unpaired) electrons. The second kappa shape index (κ2) is 6.18. The van der Waals surface area contributed by atoms with E-state index in [0.29, 0.717) is 17.1 Å². The van der Waals surface area contributed by atoms with Crippen molar-refractivity contribution < 1.29 is 8.42 Å². The Morgan fingerprint density at radius 1 is 1.21 bits per heavy atom. The van der Waals surface area contributed by atoms with Gasteiger partial charge in [0.05, 0.1) is 4.90 Å². The first-order chi connectivity index (χ1) is 9.12. The van der Waals surface area contributed by atoms with Gasteiger partial charge >= 0.3 is 0 Å². The predicted octanol–water partition coefficient (Wildman–Crippen LogP) is 2.66. The van der Waals surface area contributed by atoms with Crippen LogP contribution in [0.5, 0.6) is 0 Å². The maximum atomic E-state index is 12.2. The van der Waals surface area contributed by atoms with E-state index in [1.54, 1.807) is 35.7 Å². The Morgan fingerprint density at radius 2 is 1.95 bits per heavy atom. The van der Waals surface area contributed by atoms with E-state index >= 15 is 0 Å². The molecule has 0 aliphatic carbocycles. The van der Waals surface area contributed by atoms with Crippen molar-refractivity contribution in [1.82, 2.24) is 5.32 Å². The Kier molecular flexibility index (Phi) is 4.57. The van der Waals surface area contributed by atoms with Crippen LogP contribution in [0.3, 0.4) is 0 Å². The summed E-state index contributed by atoms with van der Waals surface area (Å²) in [4.78, 5) is 1.32.